The van der Waals surface area contributed by atoms with Crippen molar-refractivity contribution in [2.24, 2.45) is 0 Å². The largest absolute Gasteiger partial charge is 0.477 e. The molecular formula is C15H17N3O5S. The molecule has 0 aliphatic heterocycles. The van der Waals surface area contributed by atoms with Crippen LogP contribution in [0, 0.1) is 6.92 Å². The molecule has 2 aromatic rings. The summed E-state index contributed by atoms with van der Waals surface area (Å²) in [5.74, 6) is -1.83. The van der Waals surface area contributed by atoms with Crippen molar-refractivity contribution in [3.63, 3.8) is 0 Å². The summed E-state index contributed by atoms with van der Waals surface area (Å²) in [5, 5.41) is 14.8. The van der Waals surface area contributed by atoms with E-state index in [2.05, 4.69) is 15.6 Å². The fourth-order valence-corrected chi connectivity index (χ4v) is 2.85. The molecular weight excluding hydrogens is 334 g/mol. The van der Waals surface area contributed by atoms with E-state index in [0.29, 0.717) is 10.7 Å². The number of carboxylic acid groups (broad SMARTS) is 1. The van der Waals surface area contributed by atoms with Crippen molar-refractivity contribution < 1.29 is 23.9 Å². The van der Waals surface area contributed by atoms with E-state index in [9.17, 15) is 14.4 Å². The van der Waals surface area contributed by atoms with Gasteiger partial charge in [-0.15, -0.1) is 11.3 Å². The number of rotatable bonds is 6. The molecule has 2 unspecified atom stereocenters. The molecule has 9 heteroatoms. The van der Waals surface area contributed by atoms with Crippen LogP contribution in [-0.4, -0.2) is 33.9 Å². The van der Waals surface area contributed by atoms with Crippen LogP contribution >= 0.6 is 11.3 Å². The van der Waals surface area contributed by atoms with Gasteiger partial charge in [0.05, 0.1) is 18.0 Å². The maximum atomic E-state index is 12.2. The lowest BCUT2D eigenvalue weighted by Crippen LogP contribution is -2.45. The van der Waals surface area contributed by atoms with Crippen LogP contribution in [0.15, 0.2) is 22.8 Å². The Labute approximate surface area is 141 Å². The normalized spacial score (nSPS) is 13.1. The van der Waals surface area contributed by atoms with Crippen LogP contribution in [0.25, 0.3) is 0 Å². The minimum absolute atomic E-state index is 0.115. The molecule has 0 saturated heterocycles. The summed E-state index contributed by atoms with van der Waals surface area (Å²) in [5.41, 5.74) is 0.405. The fourth-order valence-electron chi connectivity index (χ4n) is 1.94. The second kappa shape index (κ2) is 7.26. The van der Waals surface area contributed by atoms with E-state index in [1.54, 1.807) is 26.8 Å². The maximum absolute atomic E-state index is 12.2. The smallest absolute Gasteiger partial charge is 0.347 e. The zero-order chi connectivity index (χ0) is 17.9. The third-order valence-electron chi connectivity index (χ3n) is 3.22. The first-order chi connectivity index (χ1) is 11.3. The van der Waals surface area contributed by atoms with Crippen molar-refractivity contribution in [1.29, 1.82) is 0 Å². The number of nitrogens with zero attached hydrogens (tertiary/aromatic N) is 1. The van der Waals surface area contributed by atoms with E-state index in [1.807, 2.05) is 0 Å². The highest BCUT2D eigenvalue weighted by Crippen LogP contribution is 2.23. The van der Waals surface area contributed by atoms with E-state index in [-0.39, 0.29) is 10.6 Å². The van der Waals surface area contributed by atoms with E-state index >= 15 is 0 Å². The Balaban J connectivity index is 1.96. The third kappa shape index (κ3) is 3.99. The Hall–Kier alpha value is -2.68. The predicted molar refractivity (Wildman–Crippen MR) is 86.0 cm³/mol. The number of hydrogen-bond donors (Lipinski definition) is 3. The first-order valence-electron chi connectivity index (χ1n) is 7.15. The zero-order valence-electron chi connectivity index (χ0n) is 13.3. The molecule has 8 nitrogen and oxygen atoms in total. The van der Waals surface area contributed by atoms with Gasteiger partial charge in [-0.05, 0) is 32.9 Å². The summed E-state index contributed by atoms with van der Waals surface area (Å²) in [6.45, 7) is 4.84. The second-order valence-electron chi connectivity index (χ2n) is 5.17. The van der Waals surface area contributed by atoms with Crippen LogP contribution in [0.1, 0.15) is 50.8 Å². The van der Waals surface area contributed by atoms with E-state index in [4.69, 9.17) is 9.52 Å². The summed E-state index contributed by atoms with van der Waals surface area (Å²) >= 11 is 1.01. The highest BCUT2D eigenvalue weighted by atomic mass is 32.1. The lowest BCUT2D eigenvalue weighted by Gasteiger charge is -2.16. The van der Waals surface area contributed by atoms with Crippen molar-refractivity contribution in [2.75, 3.05) is 0 Å². The van der Waals surface area contributed by atoms with Gasteiger partial charge in [0, 0.05) is 0 Å². The number of aromatic carboxylic acids is 1. The van der Waals surface area contributed by atoms with Crippen LogP contribution < -0.4 is 10.6 Å². The van der Waals surface area contributed by atoms with Gasteiger partial charge in [0.25, 0.3) is 5.91 Å². The van der Waals surface area contributed by atoms with Crippen molar-refractivity contribution in [3.05, 3.63) is 39.7 Å². The summed E-state index contributed by atoms with van der Waals surface area (Å²) in [7, 11) is 0. The van der Waals surface area contributed by atoms with E-state index < -0.39 is 29.9 Å². The quantitative estimate of drug-likeness (QED) is 0.729. The molecule has 0 radical (unpaired) electrons. The lowest BCUT2D eigenvalue weighted by atomic mass is 10.2. The number of furan rings is 1. The number of aromatic nitrogens is 1. The maximum Gasteiger partial charge on any atom is 0.347 e. The van der Waals surface area contributed by atoms with Gasteiger partial charge in [-0.25, -0.2) is 9.78 Å². The van der Waals surface area contributed by atoms with Gasteiger partial charge in [-0.2, -0.15) is 0 Å². The van der Waals surface area contributed by atoms with Crippen molar-refractivity contribution in [1.82, 2.24) is 15.6 Å². The van der Waals surface area contributed by atoms with Crippen LogP contribution in [-0.2, 0) is 4.79 Å². The van der Waals surface area contributed by atoms with Gasteiger partial charge < -0.3 is 20.2 Å². The van der Waals surface area contributed by atoms with Crippen LogP contribution in [0.2, 0.25) is 0 Å². The Morgan fingerprint density at radius 1 is 1.29 bits per heavy atom. The number of amides is 2. The molecule has 0 fully saturated rings. The van der Waals surface area contributed by atoms with Crippen LogP contribution in [0.4, 0.5) is 0 Å². The number of nitrogens with one attached hydrogen (secondary N) is 2. The highest BCUT2D eigenvalue weighted by Gasteiger charge is 2.23. The molecule has 128 valence electrons. The number of carboxylic acids is 1. The monoisotopic (exact) mass is 351 g/mol. The Morgan fingerprint density at radius 2 is 2.00 bits per heavy atom. The Kier molecular flexibility index (Phi) is 5.35. The van der Waals surface area contributed by atoms with Gasteiger partial charge >= 0.3 is 5.97 Å². The molecule has 2 atom stereocenters. The molecule has 3 N–H and O–H groups in total. The molecule has 2 amide bonds. The molecule has 0 aliphatic rings. The molecule has 24 heavy (non-hydrogen) atoms. The first kappa shape index (κ1) is 17.7. The number of carbonyl (C=O) groups excluding carboxylic acids is 2. The fraction of sp³-hybridized carbons (Fsp3) is 0.333. The van der Waals surface area contributed by atoms with Crippen LogP contribution in [0.3, 0.4) is 0 Å². The second-order valence-corrected chi connectivity index (χ2v) is 6.21. The standard InChI is InChI=1S/C15H17N3O5S/c1-7-11(15(21)22)24-14(18-7)9(3)17-12(19)8(2)16-13(20)10-5-4-6-23-10/h4-6,8-9H,1-3H3,(H,16,20)(H,17,19)(H,21,22). The molecule has 0 aromatic carbocycles. The number of carbonyl (C=O) groups is 3. The average molecular weight is 351 g/mol. The average Bonchev–Trinajstić information content (AvgIpc) is 3.16. The third-order valence-corrected chi connectivity index (χ3v) is 4.55. The Morgan fingerprint density at radius 3 is 2.54 bits per heavy atom. The number of aryl methyl sites for hydroxylation is 1. The van der Waals surface area contributed by atoms with E-state index in [0.717, 1.165) is 11.3 Å². The number of thiazole rings is 1. The molecule has 0 saturated carbocycles. The summed E-state index contributed by atoms with van der Waals surface area (Å²) < 4.78 is 4.96. The van der Waals surface area contributed by atoms with Crippen LogP contribution in [0.5, 0.6) is 0 Å². The van der Waals surface area contributed by atoms with Gasteiger partial charge in [0.1, 0.15) is 15.9 Å². The van der Waals surface area contributed by atoms with Crippen molar-refractivity contribution >= 4 is 29.1 Å². The predicted octanol–water partition coefficient (Wildman–Crippen LogP) is 1.74. The lowest BCUT2D eigenvalue weighted by molar-refractivity contribution is -0.123. The minimum atomic E-state index is -1.05. The summed E-state index contributed by atoms with van der Waals surface area (Å²) in [6, 6.07) is 1.81. The highest BCUT2D eigenvalue weighted by molar-refractivity contribution is 7.13. The molecule has 2 aromatic heterocycles. The molecule has 0 spiro atoms. The molecule has 2 rings (SSSR count). The van der Waals surface area contributed by atoms with Crippen molar-refractivity contribution in [2.45, 2.75) is 32.9 Å². The van der Waals surface area contributed by atoms with Crippen molar-refractivity contribution in [3.8, 4) is 0 Å². The van der Waals surface area contributed by atoms with Gasteiger partial charge in [-0.1, -0.05) is 0 Å². The van der Waals surface area contributed by atoms with Gasteiger partial charge in [-0.3, -0.25) is 9.59 Å². The zero-order valence-corrected chi connectivity index (χ0v) is 14.1. The molecule has 0 bridgehead atoms. The summed E-state index contributed by atoms with van der Waals surface area (Å²) in [4.78, 5) is 39.4. The number of hydrogen-bond acceptors (Lipinski definition) is 6. The first-order valence-corrected chi connectivity index (χ1v) is 7.96. The molecule has 0 aliphatic carbocycles. The summed E-state index contributed by atoms with van der Waals surface area (Å²) in [6.07, 6.45) is 1.37. The van der Waals surface area contributed by atoms with E-state index in [1.165, 1.54) is 12.3 Å². The Bertz CT molecular complexity index is 753. The minimum Gasteiger partial charge on any atom is -0.477 e. The topological polar surface area (TPSA) is 122 Å². The molecule has 2 heterocycles. The van der Waals surface area contributed by atoms with Gasteiger partial charge in [0.15, 0.2) is 5.76 Å². The SMILES string of the molecule is Cc1nc(C(C)NC(=O)C(C)NC(=O)c2ccco2)sc1C(=O)O. The van der Waals surface area contributed by atoms with Gasteiger partial charge in [0.2, 0.25) is 5.91 Å².